The summed E-state index contributed by atoms with van der Waals surface area (Å²) in [5, 5.41) is 1.98. The van der Waals surface area contributed by atoms with Crippen molar-refractivity contribution in [3.8, 4) is 0 Å². The van der Waals surface area contributed by atoms with Crippen LogP contribution in [0.4, 0.5) is 0 Å². The highest BCUT2D eigenvalue weighted by Gasteiger charge is 2.15. The Morgan fingerprint density at radius 2 is 1.79 bits per heavy atom. The molecule has 2 aromatic carbocycles. The second-order valence-corrected chi connectivity index (χ2v) is 5.89. The smallest absolute Gasteiger partial charge is 0.0803 e. The van der Waals surface area contributed by atoms with E-state index in [1.165, 1.54) is 15.0 Å². The summed E-state index contributed by atoms with van der Waals surface area (Å²) in [5.74, 6) is 5.72. The Labute approximate surface area is 120 Å². The van der Waals surface area contributed by atoms with Crippen molar-refractivity contribution in [2.75, 3.05) is 0 Å². The van der Waals surface area contributed by atoms with Gasteiger partial charge >= 0.3 is 0 Å². The molecular weight excluding hydrogens is 276 g/mol. The molecule has 2 nitrogen and oxygen atoms in total. The maximum Gasteiger partial charge on any atom is 0.0803 e. The van der Waals surface area contributed by atoms with Gasteiger partial charge in [0.15, 0.2) is 0 Å². The van der Waals surface area contributed by atoms with Crippen LogP contribution in [0.25, 0.3) is 10.1 Å². The zero-order valence-corrected chi connectivity index (χ0v) is 11.7. The molecule has 0 bridgehead atoms. The average molecular weight is 289 g/mol. The number of rotatable bonds is 3. The van der Waals surface area contributed by atoms with Crippen molar-refractivity contribution in [2.24, 2.45) is 5.84 Å². The van der Waals surface area contributed by atoms with Crippen molar-refractivity contribution < 1.29 is 0 Å². The average Bonchev–Trinajstić information content (AvgIpc) is 2.85. The third-order valence-corrected chi connectivity index (χ3v) is 4.53. The summed E-state index contributed by atoms with van der Waals surface area (Å²) in [7, 11) is 0. The van der Waals surface area contributed by atoms with Crippen LogP contribution in [0.2, 0.25) is 5.02 Å². The van der Waals surface area contributed by atoms with E-state index in [0.29, 0.717) is 0 Å². The summed E-state index contributed by atoms with van der Waals surface area (Å²) >= 11 is 7.67. The van der Waals surface area contributed by atoms with E-state index in [1.54, 1.807) is 11.3 Å². The second-order valence-electron chi connectivity index (χ2n) is 4.34. The lowest BCUT2D eigenvalue weighted by Crippen LogP contribution is -2.28. The standard InChI is InChI=1S/C15H13ClN2S/c16-12-7-5-10(6-8-12)15(18-17)14-9-11-3-1-2-4-13(11)19-14/h1-9,15,18H,17H2. The van der Waals surface area contributed by atoms with E-state index in [1.807, 2.05) is 30.3 Å². The van der Waals surface area contributed by atoms with Crippen LogP contribution in [0.1, 0.15) is 16.5 Å². The van der Waals surface area contributed by atoms with Gasteiger partial charge in [0.1, 0.15) is 0 Å². The van der Waals surface area contributed by atoms with Gasteiger partial charge in [0.05, 0.1) is 6.04 Å². The van der Waals surface area contributed by atoms with Gasteiger partial charge in [-0.1, -0.05) is 41.9 Å². The van der Waals surface area contributed by atoms with Gasteiger partial charge in [-0.3, -0.25) is 5.84 Å². The minimum absolute atomic E-state index is 0.00494. The zero-order chi connectivity index (χ0) is 13.2. The number of nitrogens with two attached hydrogens (primary N) is 1. The lowest BCUT2D eigenvalue weighted by atomic mass is 10.1. The van der Waals surface area contributed by atoms with Crippen LogP contribution in [0, 0.1) is 0 Å². The molecular formula is C15H13ClN2S. The van der Waals surface area contributed by atoms with Gasteiger partial charge in [0.25, 0.3) is 0 Å². The fourth-order valence-electron chi connectivity index (χ4n) is 2.14. The molecule has 1 aromatic heterocycles. The van der Waals surface area contributed by atoms with Crippen molar-refractivity contribution in [3.63, 3.8) is 0 Å². The molecule has 1 heterocycles. The summed E-state index contributed by atoms with van der Waals surface area (Å²) in [4.78, 5) is 1.20. The van der Waals surface area contributed by atoms with Crippen molar-refractivity contribution >= 4 is 33.0 Å². The van der Waals surface area contributed by atoms with Gasteiger partial charge in [-0.2, -0.15) is 0 Å². The van der Waals surface area contributed by atoms with Gasteiger partial charge in [-0.15, -0.1) is 11.3 Å². The molecule has 3 N–H and O–H groups in total. The molecule has 0 saturated carbocycles. The van der Waals surface area contributed by atoms with E-state index >= 15 is 0 Å². The third-order valence-electron chi connectivity index (χ3n) is 3.10. The first-order valence-electron chi connectivity index (χ1n) is 5.98. The Balaban J connectivity index is 2.04. The monoisotopic (exact) mass is 288 g/mol. The number of thiophene rings is 1. The molecule has 96 valence electrons. The lowest BCUT2D eigenvalue weighted by Gasteiger charge is -2.14. The number of halogens is 1. The fraction of sp³-hybridized carbons (Fsp3) is 0.0667. The highest BCUT2D eigenvalue weighted by Crippen LogP contribution is 2.33. The second kappa shape index (κ2) is 5.31. The predicted octanol–water partition coefficient (Wildman–Crippen LogP) is 4.11. The number of fused-ring (bicyclic) bond motifs is 1. The molecule has 4 heteroatoms. The third kappa shape index (κ3) is 2.51. The first-order valence-corrected chi connectivity index (χ1v) is 7.17. The largest absolute Gasteiger partial charge is 0.271 e. The Morgan fingerprint density at radius 1 is 1.05 bits per heavy atom. The fourth-order valence-corrected chi connectivity index (χ4v) is 3.42. The summed E-state index contributed by atoms with van der Waals surface area (Å²) in [6.45, 7) is 0. The molecule has 3 rings (SSSR count). The quantitative estimate of drug-likeness (QED) is 0.562. The molecule has 1 unspecified atom stereocenters. The molecule has 3 aromatic rings. The van der Waals surface area contributed by atoms with E-state index < -0.39 is 0 Å². The van der Waals surface area contributed by atoms with Crippen LogP contribution in [-0.4, -0.2) is 0 Å². The number of nitrogens with one attached hydrogen (secondary N) is 1. The minimum atomic E-state index is -0.00494. The van der Waals surface area contributed by atoms with Gasteiger partial charge in [-0.05, 0) is 35.2 Å². The van der Waals surface area contributed by atoms with Crippen LogP contribution in [0.5, 0.6) is 0 Å². The van der Waals surface area contributed by atoms with Crippen LogP contribution in [-0.2, 0) is 0 Å². The number of hydrogen-bond acceptors (Lipinski definition) is 3. The van der Waals surface area contributed by atoms with Crippen LogP contribution in [0.15, 0.2) is 54.6 Å². The summed E-state index contributed by atoms with van der Waals surface area (Å²) in [5.41, 5.74) is 3.99. The van der Waals surface area contributed by atoms with Crippen molar-refractivity contribution in [1.29, 1.82) is 0 Å². The normalized spacial score (nSPS) is 12.7. The lowest BCUT2D eigenvalue weighted by molar-refractivity contribution is 0.647. The van der Waals surface area contributed by atoms with E-state index in [4.69, 9.17) is 17.4 Å². The number of hydrazine groups is 1. The van der Waals surface area contributed by atoms with Gasteiger partial charge in [0.2, 0.25) is 0 Å². The van der Waals surface area contributed by atoms with Gasteiger partial charge in [-0.25, -0.2) is 5.43 Å². The molecule has 0 radical (unpaired) electrons. The van der Waals surface area contributed by atoms with Crippen molar-refractivity contribution in [3.05, 3.63) is 70.1 Å². The van der Waals surface area contributed by atoms with Crippen LogP contribution >= 0.6 is 22.9 Å². The molecule has 0 amide bonds. The Kier molecular flexibility index (Phi) is 3.53. The van der Waals surface area contributed by atoms with E-state index in [-0.39, 0.29) is 6.04 Å². The van der Waals surface area contributed by atoms with E-state index in [0.717, 1.165) is 10.6 Å². The maximum absolute atomic E-state index is 5.92. The summed E-state index contributed by atoms with van der Waals surface area (Å²) in [6.07, 6.45) is 0. The zero-order valence-electron chi connectivity index (χ0n) is 10.1. The van der Waals surface area contributed by atoms with E-state index in [2.05, 4.69) is 29.7 Å². The Morgan fingerprint density at radius 3 is 2.47 bits per heavy atom. The number of benzene rings is 2. The first-order chi connectivity index (χ1) is 9.28. The SMILES string of the molecule is NNC(c1ccc(Cl)cc1)c1cc2ccccc2s1. The van der Waals surface area contributed by atoms with Crippen molar-refractivity contribution in [1.82, 2.24) is 5.43 Å². The van der Waals surface area contributed by atoms with Gasteiger partial charge < -0.3 is 0 Å². The molecule has 0 fully saturated rings. The summed E-state index contributed by atoms with van der Waals surface area (Å²) in [6, 6.07) is 18.3. The molecule has 19 heavy (non-hydrogen) atoms. The Bertz CT molecular complexity index is 658. The topological polar surface area (TPSA) is 38.0 Å². The highest BCUT2D eigenvalue weighted by molar-refractivity contribution is 7.19. The van der Waals surface area contributed by atoms with Crippen LogP contribution in [0.3, 0.4) is 0 Å². The summed E-state index contributed by atoms with van der Waals surface area (Å²) < 4.78 is 1.27. The highest BCUT2D eigenvalue weighted by atomic mass is 35.5. The van der Waals surface area contributed by atoms with E-state index in [9.17, 15) is 0 Å². The van der Waals surface area contributed by atoms with Crippen LogP contribution < -0.4 is 11.3 Å². The molecule has 0 aliphatic rings. The minimum Gasteiger partial charge on any atom is -0.271 e. The first kappa shape index (κ1) is 12.6. The predicted molar refractivity (Wildman–Crippen MR) is 82.4 cm³/mol. The maximum atomic E-state index is 5.92. The molecule has 0 saturated heterocycles. The molecule has 0 spiro atoms. The molecule has 0 aliphatic carbocycles. The Hall–Kier alpha value is -1.39. The molecule has 0 aliphatic heterocycles. The van der Waals surface area contributed by atoms with Crippen molar-refractivity contribution in [2.45, 2.75) is 6.04 Å². The number of hydrogen-bond donors (Lipinski definition) is 2. The van der Waals surface area contributed by atoms with Gasteiger partial charge in [0, 0.05) is 14.6 Å². The molecule has 1 atom stereocenters.